The van der Waals surface area contributed by atoms with Gasteiger partial charge in [0.2, 0.25) is 10.0 Å². The van der Waals surface area contributed by atoms with Gasteiger partial charge in [-0.3, -0.25) is 4.99 Å². The van der Waals surface area contributed by atoms with E-state index in [0.717, 1.165) is 12.1 Å². The van der Waals surface area contributed by atoms with Crippen LogP contribution in [0.25, 0.3) is 0 Å². The molecular formula is C30H33Cl3F3N3O3S. The molecule has 6 nitrogen and oxygen atoms in total. The molecule has 1 aliphatic heterocycles. The van der Waals surface area contributed by atoms with Crippen LogP contribution in [0.5, 0.6) is 5.75 Å². The lowest BCUT2D eigenvalue weighted by Crippen LogP contribution is -2.42. The van der Waals surface area contributed by atoms with E-state index in [0.29, 0.717) is 34.3 Å². The lowest BCUT2D eigenvalue weighted by Gasteiger charge is -2.31. The monoisotopic (exact) mass is 677 g/mol. The maximum Gasteiger partial charge on any atom is 0.416 e. The van der Waals surface area contributed by atoms with E-state index in [-0.39, 0.29) is 48.5 Å². The molecule has 0 saturated carbocycles. The fourth-order valence-electron chi connectivity index (χ4n) is 4.95. The predicted molar refractivity (Wildman–Crippen MR) is 168 cm³/mol. The average molecular weight is 679 g/mol. The van der Waals surface area contributed by atoms with Crippen molar-refractivity contribution in [1.29, 1.82) is 0 Å². The molecule has 0 aliphatic carbocycles. The van der Waals surface area contributed by atoms with E-state index in [1.165, 1.54) is 10.4 Å². The van der Waals surface area contributed by atoms with Gasteiger partial charge in [0.25, 0.3) is 0 Å². The molecule has 0 amide bonds. The lowest BCUT2D eigenvalue weighted by atomic mass is 9.95. The molecule has 0 aromatic heterocycles. The van der Waals surface area contributed by atoms with Gasteiger partial charge in [-0.25, -0.2) is 12.7 Å². The first-order valence-corrected chi connectivity index (χ1v) is 15.9. The maximum atomic E-state index is 14.3. The minimum Gasteiger partial charge on any atom is -0.493 e. The van der Waals surface area contributed by atoms with Crippen molar-refractivity contribution >= 4 is 51.5 Å². The minimum absolute atomic E-state index is 0. The third-order valence-electron chi connectivity index (χ3n) is 7.15. The molecule has 3 aromatic rings. The number of halogens is 6. The van der Waals surface area contributed by atoms with Crippen molar-refractivity contribution in [3.63, 3.8) is 0 Å². The summed E-state index contributed by atoms with van der Waals surface area (Å²) >= 11 is 12.3. The Morgan fingerprint density at radius 2 is 1.47 bits per heavy atom. The molecule has 0 spiro atoms. The summed E-state index contributed by atoms with van der Waals surface area (Å²) in [6, 6.07) is 15.1. The first-order valence-electron chi connectivity index (χ1n) is 13.6. The Labute approximate surface area is 266 Å². The van der Waals surface area contributed by atoms with Gasteiger partial charge in [-0.05, 0) is 73.6 Å². The van der Waals surface area contributed by atoms with E-state index in [2.05, 4.69) is 0 Å². The summed E-state index contributed by atoms with van der Waals surface area (Å²) in [6.45, 7) is 7.20. The molecule has 0 saturated heterocycles. The smallest absolute Gasteiger partial charge is 0.416 e. The van der Waals surface area contributed by atoms with Crippen LogP contribution in [0, 0.1) is 0 Å². The van der Waals surface area contributed by atoms with E-state index in [9.17, 15) is 21.6 Å². The summed E-state index contributed by atoms with van der Waals surface area (Å²) in [4.78, 5) is 6.89. The van der Waals surface area contributed by atoms with Crippen LogP contribution in [0.4, 0.5) is 13.2 Å². The lowest BCUT2D eigenvalue weighted by molar-refractivity contribution is -0.137. The Balaban J connectivity index is 0.00000506. The molecule has 2 atom stereocenters. The van der Waals surface area contributed by atoms with Crippen molar-refractivity contribution in [2.24, 2.45) is 4.99 Å². The van der Waals surface area contributed by atoms with Crippen molar-refractivity contribution in [2.45, 2.75) is 39.0 Å². The molecule has 1 aliphatic rings. The van der Waals surface area contributed by atoms with Gasteiger partial charge in [-0.2, -0.15) is 13.2 Å². The van der Waals surface area contributed by atoms with Gasteiger partial charge in [0.05, 0.1) is 29.5 Å². The zero-order valence-electron chi connectivity index (χ0n) is 23.8. The molecule has 234 valence electrons. The second-order valence-corrected chi connectivity index (χ2v) is 12.6. The van der Waals surface area contributed by atoms with Crippen molar-refractivity contribution < 1.29 is 26.3 Å². The van der Waals surface area contributed by atoms with Crippen LogP contribution in [-0.4, -0.2) is 55.5 Å². The van der Waals surface area contributed by atoms with E-state index in [4.69, 9.17) is 32.9 Å². The largest absolute Gasteiger partial charge is 0.493 e. The molecule has 3 aromatic carbocycles. The van der Waals surface area contributed by atoms with Crippen LogP contribution in [0.15, 0.2) is 71.7 Å². The van der Waals surface area contributed by atoms with Crippen LogP contribution in [-0.2, 0) is 16.2 Å². The number of ether oxygens (including phenoxy) is 1. The third-order valence-corrected chi connectivity index (χ3v) is 9.36. The molecular weight excluding hydrogens is 646 g/mol. The number of sulfonamides is 1. The highest BCUT2D eigenvalue weighted by Gasteiger charge is 2.46. The second-order valence-electron chi connectivity index (χ2n) is 9.73. The van der Waals surface area contributed by atoms with Crippen LogP contribution in [0.3, 0.4) is 0 Å². The van der Waals surface area contributed by atoms with Crippen molar-refractivity contribution in [1.82, 2.24) is 9.21 Å². The average Bonchev–Trinajstić information content (AvgIpc) is 3.35. The first kappa shape index (κ1) is 35.0. The SMILES string of the molecule is CCOc1cc(C(F)(F)F)ccc1C1=NC(c2ccc(Cl)cc2)C(c2ccc(Cl)cc2)N1S(=O)(=O)CCN(CC)CC.Cl. The van der Waals surface area contributed by atoms with Gasteiger partial charge < -0.3 is 9.64 Å². The quantitative estimate of drug-likeness (QED) is 0.206. The van der Waals surface area contributed by atoms with Crippen LogP contribution in [0.1, 0.15) is 55.1 Å². The highest BCUT2D eigenvalue weighted by molar-refractivity contribution is 7.89. The molecule has 0 N–H and O–H groups in total. The van der Waals surface area contributed by atoms with Crippen LogP contribution in [0.2, 0.25) is 10.0 Å². The summed E-state index contributed by atoms with van der Waals surface area (Å²) in [5, 5.41) is 0.965. The van der Waals surface area contributed by atoms with Gasteiger partial charge in [0, 0.05) is 16.6 Å². The highest BCUT2D eigenvalue weighted by atomic mass is 35.5. The molecule has 13 heteroatoms. The number of nitrogens with zero attached hydrogens (tertiary/aromatic N) is 3. The summed E-state index contributed by atoms with van der Waals surface area (Å²) in [7, 11) is -4.08. The van der Waals surface area contributed by atoms with E-state index in [1.807, 2.05) is 18.7 Å². The predicted octanol–water partition coefficient (Wildman–Crippen LogP) is 8.05. The van der Waals surface area contributed by atoms with Crippen LogP contribution < -0.4 is 4.74 Å². The Hall–Kier alpha value is -2.50. The van der Waals surface area contributed by atoms with E-state index in [1.54, 1.807) is 55.5 Å². The fourth-order valence-corrected chi connectivity index (χ4v) is 6.88. The molecule has 43 heavy (non-hydrogen) atoms. The van der Waals surface area contributed by atoms with Crippen molar-refractivity contribution in [2.75, 3.05) is 32.0 Å². The Morgan fingerprint density at radius 3 is 1.98 bits per heavy atom. The maximum absolute atomic E-state index is 14.3. The van der Waals surface area contributed by atoms with Gasteiger partial charge in [0.1, 0.15) is 17.6 Å². The van der Waals surface area contributed by atoms with E-state index < -0.39 is 33.8 Å². The number of hydrogen-bond acceptors (Lipinski definition) is 5. The molecule has 2 unspecified atom stereocenters. The number of amidine groups is 1. The summed E-state index contributed by atoms with van der Waals surface area (Å²) in [6.07, 6.45) is -4.62. The second kappa shape index (κ2) is 14.5. The molecule has 0 fully saturated rings. The van der Waals surface area contributed by atoms with Gasteiger partial charge in [-0.15, -0.1) is 12.4 Å². The number of benzene rings is 3. The summed E-state index contributed by atoms with van der Waals surface area (Å²) in [5.74, 6) is -0.330. The summed E-state index contributed by atoms with van der Waals surface area (Å²) in [5.41, 5.74) is 0.539. The number of hydrogen-bond donors (Lipinski definition) is 0. The highest BCUT2D eigenvalue weighted by Crippen LogP contribution is 2.47. The Morgan fingerprint density at radius 1 is 0.907 bits per heavy atom. The zero-order chi connectivity index (χ0) is 30.7. The fraction of sp³-hybridized carbons (Fsp3) is 0.367. The standard InChI is InChI=1S/C30H32Cl2F3N3O3S.ClH/c1-4-37(5-2)17-18-42(39,40)38-28(21-9-14-24(32)15-10-21)27(20-7-12-23(31)13-8-20)36-29(38)25-16-11-22(30(33,34)35)19-26(25)41-6-3;/h7-16,19,27-28H,4-6,17-18H2,1-3H3;1H. The molecule has 0 radical (unpaired) electrons. The van der Waals surface area contributed by atoms with Crippen molar-refractivity contribution in [3.05, 3.63) is 99.0 Å². The Kier molecular flexibility index (Phi) is 11.8. The number of alkyl halides is 3. The van der Waals surface area contributed by atoms with Gasteiger partial charge >= 0.3 is 6.18 Å². The molecule has 0 bridgehead atoms. The van der Waals surface area contributed by atoms with Gasteiger partial charge in [0.15, 0.2) is 0 Å². The zero-order valence-corrected chi connectivity index (χ0v) is 27.0. The number of aliphatic imine (C=N–C) groups is 1. The van der Waals surface area contributed by atoms with Crippen LogP contribution >= 0.6 is 35.6 Å². The van der Waals surface area contributed by atoms with Gasteiger partial charge in [-0.1, -0.05) is 61.3 Å². The van der Waals surface area contributed by atoms with Crippen molar-refractivity contribution in [3.8, 4) is 5.75 Å². The number of rotatable bonds is 11. The minimum atomic E-state index is -4.62. The first-order chi connectivity index (χ1) is 19.9. The summed E-state index contributed by atoms with van der Waals surface area (Å²) < 4.78 is 76.4. The van der Waals surface area contributed by atoms with E-state index >= 15 is 0 Å². The molecule has 1 heterocycles. The molecule has 4 rings (SSSR count). The topological polar surface area (TPSA) is 62.2 Å². The third kappa shape index (κ3) is 7.97. The normalized spacial score (nSPS) is 17.1. The Bertz CT molecular complexity index is 1520.